The van der Waals surface area contributed by atoms with Crippen molar-refractivity contribution in [1.82, 2.24) is 5.32 Å². The number of esters is 1. The van der Waals surface area contributed by atoms with Crippen LogP contribution in [0.1, 0.15) is 46.5 Å². The minimum absolute atomic E-state index is 0.231. The number of carbonyl (C=O) groups excluding carboxylic acids is 1. The lowest BCUT2D eigenvalue weighted by Gasteiger charge is -2.28. The third kappa shape index (κ3) is 7.28. The summed E-state index contributed by atoms with van der Waals surface area (Å²) in [4.78, 5) is 22.0. The van der Waals surface area contributed by atoms with E-state index >= 15 is 0 Å². The topological polar surface area (TPSA) is 75.6 Å². The van der Waals surface area contributed by atoms with Gasteiger partial charge in [-0.15, -0.1) is 0 Å². The van der Waals surface area contributed by atoms with E-state index in [0.29, 0.717) is 12.0 Å². The minimum Gasteiger partial charge on any atom is -0.478 e. The fourth-order valence-corrected chi connectivity index (χ4v) is 2.34. The average molecular weight is 283 g/mol. The maximum Gasteiger partial charge on any atom is 0.327 e. The Balaban J connectivity index is 2.23. The lowest BCUT2D eigenvalue weighted by atomic mass is 9.86. The van der Waals surface area contributed by atoms with E-state index in [-0.39, 0.29) is 12.5 Å². The third-order valence-corrected chi connectivity index (χ3v) is 3.24. The molecule has 0 aromatic carbocycles. The van der Waals surface area contributed by atoms with Crippen LogP contribution in [0.5, 0.6) is 0 Å². The van der Waals surface area contributed by atoms with E-state index in [1.165, 1.54) is 6.08 Å². The summed E-state index contributed by atoms with van der Waals surface area (Å²) in [5, 5.41) is 11.8. The fourth-order valence-electron chi connectivity index (χ4n) is 2.34. The summed E-state index contributed by atoms with van der Waals surface area (Å²) in [6.45, 7) is 5.79. The predicted molar refractivity (Wildman–Crippen MR) is 76.4 cm³/mol. The largest absolute Gasteiger partial charge is 0.478 e. The van der Waals surface area contributed by atoms with Crippen LogP contribution in [0.2, 0.25) is 0 Å². The lowest BCUT2D eigenvalue weighted by molar-refractivity contribution is -0.153. The Morgan fingerprint density at radius 2 is 1.85 bits per heavy atom. The van der Waals surface area contributed by atoms with Crippen LogP contribution in [-0.2, 0) is 14.3 Å². The Bertz CT molecular complexity index is 363. The predicted octanol–water partition coefficient (Wildman–Crippen LogP) is 2.12. The van der Waals surface area contributed by atoms with Gasteiger partial charge in [0.15, 0.2) is 0 Å². The molecule has 0 aromatic heterocycles. The first-order valence-electron chi connectivity index (χ1n) is 7.12. The standard InChI is InChI=1S/C15H25NO4/c1-15(2,3)20-14(19)10-16-12-7-4-11(5-8-12)6-9-13(17)18/h6,9,11-12,16H,4-5,7-8,10H2,1-3H3,(H,17,18). The fraction of sp³-hybridized carbons (Fsp3) is 0.733. The smallest absolute Gasteiger partial charge is 0.327 e. The van der Waals surface area contributed by atoms with Gasteiger partial charge in [0.2, 0.25) is 0 Å². The Kier molecular flexibility index (Phi) is 6.20. The highest BCUT2D eigenvalue weighted by Gasteiger charge is 2.21. The minimum atomic E-state index is -0.893. The summed E-state index contributed by atoms with van der Waals surface area (Å²) in [6.07, 6.45) is 6.81. The molecule has 0 aliphatic heterocycles. The maximum atomic E-state index is 11.6. The zero-order chi connectivity index (χ0) is 15.2. The molecule has 114 valence electrons. The van der Waals surface area contributed by atoms with Gasteiger partial charge in [0.25, 0.3) is 0 Å². The van der Waals surface area contributed by atoms with Crippen molar-refractivity contribution in [3.63, 3.8) is 0 Å². The first-order chi connectivity index (χ1) is 9.26. The van der Waals surface area contributed by atoms with Gasteiger partial charge in [-0.25, -0.2) is 4.79 Å². The molecule has 5 heteroatoms. The summed E-state index contributed by atoms with van der Waals surface area (Å²) >= 11 is 0. The molecule has 0 saturated heterocycles. The van der Waals surface area contributed by atoms with E-state index in [0.717, 1.165) is 25.7 Å². The molecule has 0 radical (unpaired) electrons. The molecular formula is C15H25NO4. The second-order valence-corrected chi connectivity index (χ2v) is 6.28. The number of nitrogens with one attached hydrogen (secondary N) is 1. The molecular weight excluding hydrogens is 258 g/mol. The first kappa shape index (κ1) is 16.7. The number of rotatable bonds is 5. The second kappa shape index (κ2) is 7.43. The van der Waals surface area contributed by atoms with Gasteiger partial charge in [0, 0.05) is 12.1 Å². The number of hydrogen-bond donors (Lipinski definition) is 2. The van der Waals surface area contributed by atoms with E-state index in [1.54, 1.807) is 6.08 Å². The van der Waals surface area contributed by atoms with E-state index in [1.807, 2.05) is 20.8 Å². The number of carboxylic acid groups (broad SMARTS) is 1. The molecule has 2 N–H and O–H groups in total. The van der Waals surface area contributed by atoms with Gasteiger partial charge >= 0.3 is 11.9 Å². The SMILES string of the molecule is CC(C)(C)OC(=O)CNC1CCC(C=CC(=O)O)CC1. The number of carboxylic acids is 1. The van der Waals surface area contributed by atoms with Gasteiger partial charge < -0.3 is 15.2 Å². The van der Waals surface area contributed by atoms with Crippen molar-refractivity contribution in [3.8, 4) is 0 Å². The van der Waals surface area contributed by atoms with Crippen LogP contribution in [0.4, 0.5) is 0 Å². The number of aliphatic carboxylic acids is 1. The van der Waals surface area contributed by atoms with Crippen molar-refractivity contribution in [2.24, 2.45) is 5.92 Å². The van der Waals surface area contributed by atoms with Gasteiger partial charge in [-0.05, 0) is 52.4 Å². The summed E-state index contributed by atoms with van der Waals surface area (Å²) in [6, 6.07) is 0.317. The highest BCUT2D eigenvalue weighted by molar-refractivity contribution is 5.79. The van der Waals surface area contributed by atoms with Crippen molar-refractivity contribution in [2.45, 2.75) is 58.1 Å². The van der Waals surface area contributed by atoms with Crippen LogP contribution in [-0.4, -0.2) is 35.2 Å². The van der Waals surface area contributed by atoms with Crippen LogP contribution >= 0.6 is 0 Å². The molecule has 5 nitrogen and oxygen atoms in total. The van der Waals surface area contributed by atoms with Crippen molar-refractivity contribution in [3.05, 3.63) is 12.2 Å². The van der Waals surface area contributed by atoms with E-state index in [2.05, 4.69) is 5.32 Å². The summed E-state index contributed by atoms with van der Waals surface area (Å²) in [5.74, 6) is -0.786. The summed E-state index contributed by atoms with van der Waals surface area (Å²) in [5.41, 5.74) is -0.446. The van der Waals surface area contributed by atoms with E-state index in [4.69, 9.17) is 9.84 Å². The van der Waals surface area contributed by atoms with Crippen molar-refractivity contribution >= 4 is 11.9 Å². The zero-order valence-corrected chi connectivity index (χ0v) is 12.5. The molecule has 0 atom stereocenters. The van der Waals surface area contributed by atoms with Gasteiger partial charge in [-0.2, -0.15) is 0 Å². The summed E-state index contributed by atoms with van der Waals surface area (Å²) in [7, 11) is 0. The van der Waals surface area contributed by atoms with E-state index in [9.17, 15) is 9.59 Å². The maximum absolute atomic E-state index is 11.6. The number of allylic oxidation sites excluding steroid dienone is 1. The summed E-state index contributed by atoms with van der Waals surface area (Å²) < 4.78 is 5.24. The van der Waals surface area contributed by atoms with E-state index < -0.39 is 11.6 Å². The van der Waals surface area contributed by atoms with Crippen LogP contribution in [0, 0.1) is 5.92 Å². The van der Waals surface area contributed by atoms with Gasteiger partial charge in [-0.3, -0.25) is 4.79 Å². The quantitative estimate of drug-likeness (QED) is 0.597. The molecule has 1 aliphatic carbocycles. The molecule has 0 heterocycles. The van der Waals surface area contributed by atoms with Crippen LogP contribution in [0.25, 0.3) is 0 Å². The van der Waals surface area contributed by atoms with Gasteiger partial charge in [-0.1, -0.05) is 6.08 Å². The number of ether oxygens (including phenoxy) is 1. The normalized spacial score (nSPS) is 23.8. The highest BCUT2D eigenvalue weighted by Crippen LogP contribution is 2.25. The molecule has 0 aromatic rings. The molecule has 1 aliphatic rings. The monoisotopic (exact) mass is 283 g/mol. The van der Waals surface area contributed by atoms with Crippen molar-refractivity contribution in [2.75, 3.05) is 6.54 Å². The van der Waals surface area contributed by atoms with Crippen LogP contribution in [0.3, 0.4) is 0 Å². The van der Waals surface area contributed by atoms with Crippen molar-refractivity contribution in [1.29, 1.82) is 0 Å². The Morgan fingerprint density at radius 3 is 2.35 bits per heavy atom. The van der Waals surface area contributed by atoms with Crippen LogP contribution < -0.4 is 5.32 Å². The first-order valence-corrected chi connectivity index (χ1v) is 7.12. The Morgan fingerprint density at radius 1 is 1.25 bits per heavy atom. The molecule has 1 rings (SSSR count). The third-order valence-electron chi connectivity index (χ3n) is 3.24. The molecule has 0 amide bonds. The Labute approximate surface area is 120 Å². The van der Waals surface area contributed by atoms with Gasteiger partial charge in [0.05, 0.1) is 6.54 Å². The molecule has 0 bridgehead atoms. The molecule has 0 spiro atoms. The molecule has 1 saturated carbocycles. The molecule has 0 unspecified atom stereocenters. The van der Waals surface area contributed by atoms with Gasteiger partial charge in [0.1, 0.15) is 5.60 Å². The molecule has 1 fully saturated rings. The molecule has 20 heavy (non-hydrogen) atoms. The average Bonchev–Trinajstić information content (AvgIpc) is 2.33. The highest BCUT2D eigenvalue weighted by atomic mass is 16.6. The number of carbonyl (C=O) groups is 2. The lowest BCUT2D eigenvalue weighted by Crippen LogP contribution is -2.38. The van der Waals surface area contributed by atoms with Crippen molar-refractivity contribution < 1.29 is 19.4 Å². The number of hydrogen-bond acceptors (Lipinski definition) is 4. The van der Waals surface area contributed by atoms with Crippen LogP contribution in [0.15, 0.2) is 12.2 Å². The zero-order valence-electron chi connectivity index (χ0n) is 12.5. The second-order valence-electron chi connectivity index (χ2n) is 6.28. The Hall–Kier alpha value is -1.36.